The van der Waals surface area contributed by atoms with Crippen LogP contribution in [0.2, 0.25) is 0 Å². The largest absolute Gasteiger partial charge is 0.392 e. The quantitative estimate of drug-likeness (QED) is 0.691. The van der Waals surface area contributed by atoms with E-state index in [-0.39, 0.29) is 23.3 Å². The van der Waals surface area contributed by atoms with E-state index in [1.165, 1.54) is 24.3 Å². The van der Waals surface area contributed by atoms with Crippen LogP contribution < -0.4 is 10.0 Å². The summed E-state index contributed by atoms with van der Waals surface area (Å²) in [7, 11) is -3.55. The van der Waals surface area contributed by atoms with E-state index >= 15 is 0 Å². The van der Waals surface area contributed by atoms with Crippen molar-refractivity contribution in [2.45, 2.75) is 31.8 Å². The second kappa shape index (κ2) is 7.53. The normalized spacial score (nSPS) is 13.2. The molecule has 6 nitrogen and oxygen atoms in total. The fourth-order valence-electron chi connectivity index (χ4n) is 1.49. The number of aliphatic hydroxyl groups is 1. The molecule has 0 aromatic heterocycles. The van der Waals surface area contributed by atoms with Crippen LogP contribution in [0.3, 0.4) is 0 Å². The Bertz CT molecular complexity index is 565. The van der Waals surface area contributed by atoms with Crippen molar-refractivity contribution in [3.8, 4) is 0 Å². The number of sulfonamides is 1. The number of rotatable bonds is 7. The molecule has 0 aliphatic heterocycles. The topological polar surface area (TPSA) is 95.5 Å². The maximum atomic E-state index is 12.0. The van der Waals surface area contributed by atoms with Crippen molar-refractivity contribution < 1.29 is 18.3 Å². The van der Waals surface area contributed by atoms with E-state index in [0.29, 0.717) is 12.1 Å². The number of aliphatic hydroxyl groups excluding tert-OH is 1. The summed E-state index contributed by atoms with van der Waals surface area (Å²) in [6, 6.07) is 5.67. The maximum Gasteiger partial charge on any atom is 0.251 e. The third-order valence-corrected chi connectivity index (χ3v) is 4.11. The standard InChI is InChI=1S/C14H22N2O4S/c1-10(2)8-16-21(19,20)13-6-4-12(5-7-13)14(18)15-9-11(3)17/h4-7,10-11,16-17H,8-9H2,1-3H3,(H,15,18)/t11-/m1/s1. The van der Waals surface area contributed by atoms with Crippen molar-refractivity contribution in [2.75, 3.05) is 13.1 Å². The first kappa shape index (κ1) is 17.6. The fraction of sp³-hybridized carbons (Fsp3) is 0.500. The van der Waals surface area contributed by atoms with Gasteiger partial charge in [0.15, 0.2) is 0 Å². The summed E-state index contributed by atoms with van der Waals surface area (Å²) in [5.74, 6) is -0.139. The van der Waals surface area contributed by atoms with E-state index < -0.39 is 16.1 Å². The highest BCUT2D eigenvalue weighted by molar-refractivity contribution is 7.89. The molecule has 1 aromatic rings. The average Bonchev–Trinajstić information content (AvgIpc) is 2.43. The van der Waals surface area contributed by atoms with Gasteiger partial charge in [-0.05, 0) is 37.1 Å². The third-order valence-electron chi connectivity index (χ3n) is 2.67. The Morgan fingerprint density at radius 1 is 1.14 bits per heavy atom. The molecule has 0 aliphatic rings. The van der Waals surface area contributed by atoms with Gasteiger partial charge >= 0.3 is 0 Å². The van der Waals surface area contributed by atoms with Crippen LogP contribution in [0.25, 0.3) is 0 Å². The zero-order valence-electron chi connectivity index (χ0n) is 12.5. The van der Waals surface area contributed by atoms with Crippen LogP contribution in [-0.4, -0.2) is 38.6 Å². The minimum Gasteiger partial charge on any atom is -0.392 e. The van der Waals surface area contributed by atoms with Gasteiger partial charge in [-0.25, -0.2) is 13.1 Å². The second-order valence-electron chi connectivity index (χ2n) is 5.33. The van der Waals surface area contributed by atoms with Gasteiger partial charge in [-0.3, -0.25) is 4.79 Å². The number of carbonyl (C=O) groups excluding carboxylic acids is 1. The van der Waals surface area contributed by atoms with E-state index in [9.17, 15) is 13.2 Å². The minimum absolute atomic E-state index is 0.121. The zero-order valence-corrected chi connectivity index (χ0v) is 13.3. The van der Waals surface area contributed by atoms with E-state index in [1.807, 2.05) is 13.8 Å². The van der Waals surface area contributed by atoms with Crippen molar-refractivity contribution in [1.82, 2.24) is 10.0 Å². The molecule has 1 rings (SSSR count). The number of carbonyl (C=O) groups is 1. The summed E-state index contributed by atoms with van der Waals surface area (Å²) in [6.07, 6.45) is -0.631. The van der Waals surface area contributed by atoms with Gasteiger partial charge in [-0.1, -0.05) is 13.8 Å². The van der Waals surface area contributed by atoms with Gasteiger partial charge < -0.3 is 10.4 Å². The maximum absolute atomic E-state index is 12.0. The van der Waals surface area contributed by atoms with Crippen molar-refractivity contribution in [2.24, 2.45) is 5.92 Å². The summed E-state index contributed by atoms with van der Waals surface area (Å²) >= 11 is 0. The fourth-order valence-corrected chi connectivity index (χ4v) is 2.70. The molecule has 21 heavy (non-hydrogen) atoms. The SMILES string of the molecule is CC(C)CNS(=O)(=O)c1ccc(C(=O)NC[C@@H](C)O)cc1. The van der Waals surface area contributed by atoms with Gasteiger partial charge in [0.25, 0.3) is 5.91 Å². The van der Waals surface area contributed by atoms with Crippen LogP contribution in [0, 0.1) is 5.92 Å². The number of benzene rings is 1. The summed E-state index contributed by atoms with van der Waals surface area (Å²) < 4.78 is 26.5. The first-order chi connectivity index (χ1) is 9.72. The lowest BCUT2D eigenvalue weighted by molar-refractivity contribution is 0.0924. The lowest BCUT2D eigenvalue weighted by Crippen LogP contribution is -2.30. The molecular formula is C14H22N2O4S. The predicted molar refractivity (Wildman–Crippen MR) is 80.5 cm³/mol. The van der Waals surface area contributed by atoms with Crippen molar-refractivity contribution in [1.29, 1.82) is 0 Å². The monoisotopic (exact) mass is 314 g/mol. The van der Waals surface area contributed by atoms with Crippen molar-refractivity contribution in [3.05, 3.63) is 29.8 Å². The minimum atomic E-state index is -3.55. The Morgan fingerprint density at radius 3 is 2.19 bits per heavy atom. The molecule has 0 saturated heterocycles. The first-order valence-corrected chi connectivity index (χ1v) is 8.26. The van der Waals surface area contributed by atoms with Gasteiger partial charge in [-0.2, -0.15) is 0 Å². The molecule has 0 fully saturated rings. The highest BCUT2D eigenvalue weighted by atomic mass is 32.2. The number of hydrogen-bond donors (Lipinski definition) is 3. The Kier molecular flexibility index (Phi) is 6.32. The molecule has 3 N–H and O–H groups in total. The van der Waals surface area contributed by atoms with Gasteiger partial charge in [-0.15, -0.1) is 0 Å². The molecule has 0 spiro atoms. The molecule has 1 atom stereocenters. The van der Waals surface area contributed by atoms with Crippen LogP contribution in [0.1, 0.15) is 31.1 Å². The van der Waals surface area contributed by atoms with Gasteiger partial charge in [0, 0.05) is 18.7 Å². The number of hydrogen-bond acceptors (Lipinski definition) is 4. The molecule has 0 radical (unpaired) electrons. The smallest absolute Gasteiger partial charge is 0.251 e. The Balaban J connectivity index is 2.75. The van der Waals surface area contributed by atoms with E-state index in [0.717, 1.165) is 0 Å². The highest BCUT2D eigenvalue weighted by Gasteiger charge is 2.15. The molecule has 1 aromatic carbocycles. The van der Waals surface area contributed by atoms with Crippen LogP contribution in [0.4, 0.5) is 0 Å². The van der Waals surface area contributed by atoms with Crippen LogP contribution >= 0.6 is 0 Å². The zero-order chi connectivity index (χ0) is 16.0. The summed E-state index contributed by atoms with van der Waals surface area (Å²) in [5, 5.41) is 11.6. The predicted octanol–water partition coefficient (Wildman–Crippen LogP) is 0.732. The van der Waals surface area contributed by atoms with Crippen molar-refractivity contribution >= 4 is 15.9 Å². The second-order valence-corrected chi connectivity index (χ2v) is 7.10. The summed E-state index contributed by atoms with van der Waals surface area (Å²) in [5.41, 5.74) is 0.346. The Hall–Kier alpha value is -1.44. The molecule has 0 aliphatic carbocycles. The van der Waals surface area contributed by atoms with Crippen LogP contribution in [0.5, 0.6) is 0 Å². The first-order valence-electron chi connectivity index (χ1n) is 6.78. The lowest BCUT2D eigenvalue weighted by atomic mass is 10.2. The van der Waals surface area contributed by atoms with Crippen LogP contribution in [-0.2, 0) is 10.0 Å². The molecule has 7 heteroatoms. The van der Waals surface area contributed by atoms with Gasteiger partial charge in [0.05, 0.1) is 11.0 Å². The molecule has 0 saturated carbocycles. The average molecular weight is 314 g/mol. The number of nitrogens with one attached hydrogen (secondary N) is 2. The number of amides is 1. The molecule has 1 amide bonds. The van der Waals surface area contributed by atoms with E-state index in [2.05, 4.69) is 10.0 Å². The van der Waals surface area contributed by atoms with Crippen LogP contribution in [0.15, 0.2) is 29.2 Å². The third kappa shape index (κ3) is 5.82. The molecular weight excluding hydrogens is 292 g/mol. The molecule has 118 valence electrons. The summed E-state index contributed by atoms with van der Waals surface area (Å²) in [6.45, 7) is 5.90. The molecule has 0 unspecified atom stereocenters. The molecule has 0 bridgehead atoms. The Morgan fingerprint density at radius 2 is 1.71 bits per heavy atom. The van der Waals surface area contributed by atoms with E-state index in [1.54, 1.807) is 6.92 Å². The Labute approximate surface area is 125 Å². The highest BCUT2D eigenvalue weighted by Crippen LogP contribution is 2.11. The molecule has 0 heterocycles. The van der Waals surface area contributed by atoms with Crippen molar-refractivity contribution in [3.63, 3.8) is 0 Å². The van der Waals surface area contributed by atoms with E-state index in [4.69, 9.17) is 5.11 Å². The van der Waals surface area contributed by atoms with Gasteiger partial charge in [0.1, 0.15) is 0 Å². The lowest BCUT2D eigenvalue weighted by Gasteiger charge is -2.10. The van der Waals surface area contributed by atoms with Gasteiger partial charge in [0.2, 0.25) is 10.0 Å². The summed E-state index contributed by atoms with van der Waals surface area (Å²) in [4.78, 5) is 11.9.